The Hall–Kier alpha value is -1.92. The summed E-state index contributed by atoms with van der Waals surface area (Å²) in [6, 6.07) is 6.16. The molecule has 134 valence electrons. The number of carbonyl (C=O) groups is 1. The fourth-order valence-corrected chi connectivity index (χ4v) is 3.89. The maximum Gasteiger partial charge on any atom is 0.264 e. The molecule has 0 aliphatic carbocycles. The fraction of sp³-hybridized carbons (Fsp3) is 0.474. The Morgan fingerprint density at radius 1 is 1.44 bits per heavy atom. The topological polar surface area (TPSA) is 45.7 Å². The van der Waals surface area contributed by atoms with Gasteiger partial charge in [-0.3, -0.25) is 4.79 Å². The number of hydrogen-bond acceptors (Lipinski definition) is 5. The van der Waals surface area contributed by atoms with Crippen LogP contribution in [-0.4, -0.2) is 55.7 Å². The second-order valence-electron chi connectivity index (χ2n) is 6.63. The van der Waals surface area contributed by atoms with E-state index in [0.717, 1.165) is 29.1 Å². The van der Waals surface area contributed by atoms with Crippen molar-refractivity contribution in [2.24, 2.45) is 0 Å². The van der Waals surface area contributed by atoms with Crippen molar-refractivity contribution in [1.82, 2.24) is 9.88 Å². The summed E-state index contributed by atoms with van der Waals surface area (Å²) in [5, 5.41) is 1.98. The SMILES string of the molecule is Cc1ccsc1C(=O)N1CCO[C@H](CCc2ccnc(N(C)C)c2)C1. The van der Waals surface area contributed by atoms with Crippen LogP contribution in [0.5, 0.6) is 0 Å². The van der Waals surface area contributed by atoms with E-state index in [1.807, 2.05) is 54.5 Å². The van der Waals surface area contributed by atoms with Crippen LogP contribution in [0.3, 0.4) is 0 Å². The highest BCUT2D eigenvalue weighted by Gasteiger charge is 2.26. The zero-order valence-corrected chi connectivity index (χ0v) is 15.9. The van der Waals surface area contributed by atoms with Crippen molar-refractivity contribution in [3.8, 4) is 0 Å². The van der Waals surface area contributed by atoms with Crippen molar-refractivity contribution >= 4 is 23.1 Å². The molecule has 1 aliphatic rings. The van der Waals surface area contributed by atoms with Gasteiger partial charge in [0.15, 0.2) is 0 Å². The van der Waals surface area contributed by atoms with Crippen molar-refractivity contribution in [2.75, 3.05) is 38.7 Å². The Labute approximate surface area is 153 Å². The van der Waals surface area contributed by atoms with Crippen LogP contribution in [0.25, 0.3) is 0 Å². The van der Waals surface area contributed by atoms with Gasteiger partial charge in [0.05, 0.1) is 17.6 Å². The van der Waals surface area contributed by atoms with Crippen molar-refractivity contribution in [3.05, 3.63) is 45.8 Å². The Morgan fingerprint density at radius 2 is 2.28 bits per heavy atom. The summed E-state index contributed by atoms with van der Waals surface area (Å²) in [5.41, 5.74) is 2.31. The quantitative estimate of drug-likeness (QED) is 0.823. The summed E-state index contributed by atoms with van der Waals surface area (Å²) >= 11 is 1.52. The molecule has 0 saturated carbocycles. The number of ether oxygens (including phenoxy) is 1. The van der Waals surface area contributed by atoms with Gasteiger partial charge in [-0.1, -0.05) is 0 Å². The molecule has 0 unspecified atom stereocenters. The largest absolute Gasteiger partial charge is 0.375 e. The van der Waals surface area contributed by atoms with Crippen LogP contribution < -0.4 is 4.90 Å². The lowest BCUT2D eigenvalue weighted by atomic mass is 10.1. The van der Waals surface area contributed by atoms with Crippen molar-refractivity contribution in [1.29, 1.82) is 0 Å². The number of hydrogen-bond donors (Lipinski definition) is 0. The number of aryl methyl sites for hydroxylation is 2. The summed E-state index contributed by atoms with van der Waals surface area (Å²) in [6.07, 6.45) is 3.77. The first kappa shape index (κ1) is 17.9. The van der Waals surface area contributed by atoms with Gasteiger partial charge in [0.2, 0.25) is 0 Å². The smallest absolute Gasteiger partial charge is 0.264 e. The summed E-state index contributed by atoms with van der Waals surface area (Å²) in [4.78, 5) is 21.8. The molecule has 2 aromatic rings. The molecule has 1 amide bonds. The van der Waals surface area contributed by atoms with Crippen LogP contribution in [0, 0.1) is 6.92 Å². The molecule has 25 heavy (non-hydrogen) atoms. The van der Waals surface area contributed by atoms with E-state index < -0.39 is 0 Å². The monoisotopic (exact) mass is 359 g/mol. The number of morpholine rings is 1. The molecule has 3 rings (SSSR count). The molecule has 6 heteroatoms. The number of carbonyl (C=O) groups excluding carboxylic acids is 1. The average Bonchev–Trinajstić information content (AvgIpc) is 3.06. The second kappa shape index (κ2) is 7.97. The molecule has 0 bridgehead atoms. The number of aromatic nitrogens is 1. The number of rotatable bonds is 5. The molecule has 1 atom stereocenters. The van der Waals surface area contributed by atoms with Crippen LogP contribution >= 0.6 is 11.3 Å². The van der Waals surface area contributed by atoms with E-state index in [1.54, 1.807) is 0 Å². The van der Waals surface area contributed by atoms with Gasteiger partial charge in [0.25, 0.3) is 5.91 Å². The molecule has 2 aromatic heterocycles. The summed E-state index contributed by atoms with van der Waals surface area (Å²) < 4.78 is 5.89. The molecule has 1 saturated heterocycles. The molecule has 0 aromatic carbocycles. The van der Waals surface area contributed by atoms with Crippen LogP contribution in [0.15, 0.2) is 29.8 Å². The Morgan fingerprint density at radius 3 is 3.00 bits per heavy atom. The van der Waals surface area contributed by atoms with E-state index in [-0.39, 0.29) is 12.0 Å². The van der Waals surface area contributed by atoms with E-state index in [1.165, 1.54) is 16.9 Å². The Bertz CT molecular complexity index is 729. The normalized spacial score (nSPS) is 17.6. The lowest BCUT2D eigenvalue weighted by molar-refractivity contribution is -0.0244. The van der Waals surface area contributed by atoms with Gasteiger partial charge in [0.1, 0.15) is 5.82 Å². The molecular weight excluding hydrogens is 334 g/mol. The highest BCUT2D eigenvalue weighted by atomic mass is 32.1. The van der Waals surface area contributed by atoms with Crippen LogP contribution in [0.2, 0.25) is 0 Å². The first-order chi connectivity index (χ1) is 12.0. The minimum atomic E-state index is 0.0916. The first-order valence-corrected chi connectivity index (χ1v) is 9.50. The molecule has 1 fully saturated rings. The highest BCUT2D eigenvalue weighted by Crippen LogP contribution is 2.21. The summed E-state index contributed by atoms with van der Waals surface area (Å²) in [6.45, 7) is 3.95. The Balaban J connectivity index is 1.58. The minimum Gasteiger partial charge on any atom is -0.375 e. The predicted octanol–water partition coefficient (Wildman–Crippen LogP) is 2.99. The van der Waals surface area contributed by atoms with Crippen LogP contribution in [0.4, 0.5) is 5.82 Å². The zero-order valence-electron chi connectivity index (χ0n) is 15.1. The molecule has 0 N–H and O–H groups in total. The first-order valence-electron chi connectivity index (χ1n) is 8.62. The fourth-order valence-electron chi connectivity index (χ4n) is 3.00. The third kappa shape index (κ3) is 4.38. The summed E-state index contributed by atoms with van der Waals surface area (Å²) in [5.74, 6) is 1.10. The number of anilines is 1. The van der Waals surface area contributed by atoms with Crippen molar-refractivity contribution < 1.29 is 9.53 Å². The summed E-state index contributed by atoms with van der Waals surface area (Å²) in [7, 11) is 3.98. The van der Waals surface area contributed by atoms with Gasteiger partial charge in [-0.05, 0) is 54.5 Å². The minimum absolute atomic E-state index is 0.0916. The van der Waals surface area contributed by atoms with Gasteiger partial charge in [-0.15, -0.1) is 11.3 Å². The van der Waals surface area contributed by atoms with E-state index in [4.69, 9.17) is 4.74 Å². The lowest BCUT2D eigenvalue weighted by Crippen LogP contribution is -2.45. The number of nitrogens with zero attached hydrogens (tertiary/aromatic N) is 3. The van der Waals surface area contributed by atoms with Gasteiger partial charge in [-0.2, -0.15) is 0 Å². The maximum absolute atomic E-state index is 12.7. The Kier molecular flexibility index (Phi) is 5.71. The van der Waals surface area contributed by atoms with Crippen molar-refractivity contribution in [2.45, 2.75) is 25.9 Å². The average molecular weight is 359 g/mol. The second-order valence-corrected chi connectivity index (χ2v) is 7.55. The number of amides is 1. The number of thiophene rings is 1. The van der Waals surface area contributed by atoms with E-state index in [9.17, 15) is 4.79 Å². The third-order valence-electron chi connectivity index (χ3n) is 4.51. The maximum atomic E-state index is 12.7. The molecule has 0 spiro atoms. The van der Waals surface area contributed by atoms with E-state index in [2.05, 4.69) is 11.1 Å². The molecule has 3 heterocycles. The van der Waals surface area contributed by atoms with Gasteiger partial charge >= 0.3 is 0 Å². The third-order valence-corrected chi connectivity index (χ3v) is 5.51. The predicted molar refractivity (Wildman–Crippen MR) is 102 cm³/mol. The van der Waals surface area contributed by atoms with E-state index in [0.29, 0.717) is 19.7 Å². The molecule has 1 aliphatic heterocycles. The van der Waals surface area contributed by atoms with Crippen molar-refractivity contribution in [3.63, 3.8) is 0 Å². The van der Waals surface area contributed by atoms with Crippen LogP contribution in [-0.2, 0) is 11.2 Å². The van der Waals surface area contributed by atoms with Crippen LogP contribution in [0.1, 0.15) is 27.2 Å². The molecule has 0 radical (unpaired) electrons. The number of pyridine rings is 1. The molecular formula is C19H25N3O2S. The van der Waals surface area contributed by atoms with Gasteiger partial charge in [0, 0.05) is 33.4 Å². The van der Waals surface area contributed by atoms with Gasteiger partial charge < -0.3 is 14.5 Å². The lowest BCUT2D eigenvalue weighted by Gasteiger charge is -2.33. The van der Waals surface area contributed by atoms with E-state index >= 15 is 0 Å². The van der Waals surface area contributed by atoms with Gasteiger partial charge in [-0.25, -0.2) is 4.98 Å². The highest BCUT2D eigenvalue weighted by molar-refractivity contribution is 7.12. The molecule has 5 nitrogen and oxygen atoms in total. The standard InChI is InChI=1S/C19H25N3O2S/c1-14-7-11-25-18(14)19(23)22-9-10-24-16(13-22)5-4-15-6-8-20-17(12-15)21(2)3/h6-8,11-12,16H,4-5,9-10,13H2,1-3H3/t16-/m1/s1. The zero-order chi connectivity index (χ0) is 17.8.